The summed E-state index contributed by atoms with van der Waals surface area (Å²) in [4.78, 5) is 4.44. The number of fused-ring (bicyclic) bond motifs is 1. The molecule has 2 nitrogen and oxygen atoms in total. The molecular weight excluding hydrogens is 272 g/mol. The number of aromatic nitrogens is 2. The smallest absolute Gasteiger partial charge is 0.178 e. The van der Waals surface area contributed by atoms with E-state index in [1.165, 1.54) is 4.88 Å². The Bertz CT molecular complexity index is 710. The van der Waals surface area contributed by atoms with Gasteiger partial charge in [-0.15, -0.1) is 11.3 Å². The highest BCUT2D eigenvalue weighted by molar-refractivity contribution is 7.71. The second kappa shape index (κ2) is 4.29. The molecule has 3 rings (SSSR count). The van der Waals surface area contributed by atoms with Gasteiger partial charge in [-0.1, -0.05) is 23.7 Å². The molecule has 0 bridgehead atoms. The minimum Gasteiger partial charge on any atom is -0.331 e. The number of rotatable bonds is 2. The molecule has 2 aromatic heterocycles. The number of nitrogens with zero attached hydrogens (tertiary/aromatic N) is 1. The maximum atomic E-state index is 6.23. The van der Waals surface area contributed by atoms with Crippen molar-refractivity contribution in [2.45, 2.75) is 6.54 Å². The zero-order valence-corrected chi connectivity index (χ0v) is 11.2. The molecule has 1 N–H and O–H groups in total. The van der Waals surface area contributed by atoms with Crippen molar-refractivity contribution >= 4 is 46.2 Å². The number of H-pyrrole nitrogens is 1. The van der Waals surface area contributed by atoms with E-state index in [2.05, 4.69) is 16.4 Å². The molecule has 0 aliphatic carbocycles. The van der Waals surface area contributed by atoms with E-state index < -0.39 is 0 Å². The fourth-order valence-corrected chi connectivity index (χ4v) is 3.12. The zero-order valence-electron chi connectivity index (χ0n) is 8.81. The van der Waals surface area contributed by atoms with Gasteiger partial charge in [-0.2, -0.15) is 0 Å². The highest BCUT2D eigenvalue weighted by atomic mass is 35.5. The Balaban J connectivity index is 2.21. The van der Waals surface area contributed by atoms with Crippen LogP contribution in [0.25, 0.3) is 11.0 Å². The number of nitrogens with one attached hydrogen (secondary N) is 1. The molecule has 0 aliphatic rings. The number of para-hydroxylation sites is 1. The molecular formula is C12H9ClN2S2. The van der Waals surface area contributed by atoms with Gasteiger partial charge in [-0.3, -0.25) is 0 Å². The van der Waals surface area contributed by atoms with Gasteiger partial charge in [0, 0.05) is 4.88 Å². The molecule has 17 heavy (non-hydrogen) atoms. The van der Waals surface area contributed by atoms with E-state index in [9.17, 15) is 0 Å². The topological polar surface area (TPSA) is 20.7 Å². The van der Waals surface area contributed by atoms with Crippen molar-refractivity contribution < 1.29 is 0 Å². The number of hydrogen-bond donors (Lipinski definition) is 1. The van der Waals surface area contributed by atoms with Crippen molar-refractivity contribution in [2.75, 3.05) is 0 Å². The lowest BCUT2D eigenvalue weighted by molar-refractivity contribution is 0.823. The summed E-state index contributed by atoms with van der Waals surface area (Å²) < 4.78 is 2.75. The van der Waals surface area contributed by atoms with Crippen LogP contribution < -0.4 is 0 Å². The lowest BCUT2D eigenvalue weighted by Gasteiger charge is -2.03. The van der Waals surface area contributed by atoms with E-state index in [1.807, 2.05) is 28.8 Å². The molecule has 0 spiro atoms. The first-order chi connectivity index (χ1) is 8.25. The van der Waals surface area contributed by atoms with Crippen LogP contribution in [0.3, 0.4) is 0 Å². The normalized spacial score (nSPS) is 11.1. The molecule has 5 heteroatoms. The number of benzene rings is 1. The van der Waals surface area contributed by atoms with Gasteiger partial charge in [0.1, 0.15) is 0 Å². The molecule has 0 saturated heterocycles. The number of thiophene rings is 1. The summed E-state index contributed by atoms with van der Waals surface area (Å²) >= 11 is 13.3. The standard InChI is InChI=1S/C12H9ClN2S2/c13-9-4-1-5-10-11(9)15(12(16)14-10)7-8-3-2-6-17-8/h1-6H,7H2,(H,14,16). The predicted octanol–water partition coefficient (Wildman–Crippen LogP) is 4.46. The highest BCUT2D eigenvalue weighted by Gasteiger charge is 2.08. The molecule has 2 heterocycles. The van der Waals surface area contributed by atoms with Crippen molar-refractivity contribution in [1.82, 2.24) is 9.55 Å². The van der Waals surface area contributed by atoms with Crippen LogP contribution in [0.5, 0.6) is 0 Å². The summed E-state index contributed by atoms with van der Waals surface area (Å²) in [6.07, 6.45) is 0. The third kappa shape index (κ3) is 1.92. The van der Waals surface area contributed by atoms with Gasteiger partial charge in [0.2, 0.25) is 0 Å². The third-order valence-electron chi connectivity index (χ3n) is 2.64. The Labute approximate surface area is 112 Å². The van der Waals surface area contributed by atoms with Crippen LogP contribution in [-0.4, -0.2) is 9.55 Å². The largest absolute Gasteiger partial charge is 0.331 e. The average Bonchev–Trinajstić information content (AvgIpc) is 2.89. The Morgan fingerprint density at radius 1 is 1.29 bits per heavy atom. The van der Waals surface area contributed by atoms with Crippen LogP contribution in [0.1, 0.15) is 4.88 Å². The maximum Gasteiger partial charge on any atom is 0.178 e. The summed E-state index contributed by atoms with van der Waals surface area (Å²) in [6.45, 7) is 0.764. The fourth-order valence-electron chi connectivity index (χ4n) is 1.88. The van der Waals surface area contributed by atoms with Crippen LogP contribution in [0.4, 0.5) is 0 Å². The van der Waals surface area contributed by atoms with Crippen molar-refractivity contribution in [2.24, 2.45) is 0 Å². The second-order valence-electron chi connectivity index (χ2n) is 3.73. The van der Waals surface area contributed by atoms with Gasteiger partial charge in [0.15, 0.2) is 4.77 Å². The Morgan fingerprint density at radius 3 is 2.94 bits per heavy atom. The van der Waals surface area contributed by atoms with Gasteiger partial charge >= 0.3 is 0 Å². The molecule has 0 aliphatic heterocycles. The molecule has 0 radical (unpaired) electrons. The van der Waals surface area contributed by atoms with Crippen molar-refractivity contribution in [1.29, 1.82) is 0 Å². The van der Waals surface area contributed by atoms with Crippen LogP contribution in [0, 0.1) is 4.77 Å². The quantitative estimate of drug-likeness (QED) is 0.687. The molecule has 0 atom stereocenters. The maximum absolute atomic E-state index is 6.23. The molecule has 0 amide bonds. The minimum absolute atomic E-state index is 0.710. The number of halogens is 1. The Morgan fingerprint density at radius 2 is 2.18 bits per heavy atom. The molecule has 0 saturated carbocycles. The summed E-state index contributed by atoms with van der Waals surface area (Å²) in [7, 11) is 0. The van der Waals surface area contributed by atoms with E-state index in [-0.39, 0.29) is 0 Å². The monoisotopic (exact) mass is 280 g/mol. The first-order valence-corrected chi connectivity index (χ1v) is 6.82. The Kier molecular flexibility index (Phi) is 2.78. The zero-order chi connectivity index (χ0) is 11.8. The fraction of sp³-hybridized carbons (Fsp3) is 0.0833. The third-order valence-corrected chi connectivity index (χ3v) is 4.13. The second-order valence-corrected chi connectivity index (χ2v) is 5.56. The van der Waals surface area contributed by atoms with Gasteiger partial charge in [0.25, 0.3) is 0 Å². The van der Waals surface area contributed by atoms with E-state index in [0.717, 1.165) is 22.6 Å². The lowest BCUT2D eigenvalue weighted by atomic mass is 10.3. The van der Waals surface area contributed by atoms with Crippen molar-refractivity contribution in [3.8, 4) is 0 Å². The number of imidazole rings is 1. The summed E-state index contributed by atoms with van der Waals surface area (Å²) in [5.74, 6) is 0. The molecule has 0 fully saturated rings. The predicted molar refractivity (Wildman–Crippen MR) is 75.6 cm³/mol. The summed E-state index contributed by atoms with van der Waals surface area (Å²) in [6, 6.07) is 9.94. The lowest BCUT2D eigenvalue weighted by Crippen LogP contribution is -1.97. The van der Waals surface area contributed by atoms with Gasteiger partial charge in [-0.05, 0) is 35.8 Å². The van der Waals surface area contributed by atoms with Gasteiger partial charge in [-0.25, -0.2) is 0 Å². The van der Waals surface area contributed by atoms with E-state index in [0.29, 0.717) is 4.77 Å². The number of hydrogen-bond acceptors (Lipinski definition) is 2. The summed E-state index contributed by atoms with van der Waals surface area (Å²) in [5.41, 5.74) is 1.96. The first-order valence-electron chi connectivity index (χ1n) is 5.15. The molecule has 1 aromatic carbocycles. The van der Waals surface area contributed by atoms with Crippen LogP contribution in [0.15, 0.2) is 35.7 Å². The molecule has 0 unspecified atom stereocenters. The van der Waals surface area contributed by atoms with Crippen LogP contribution >= 0.6 is 35.2 Å². The molecule has 3 aromatic rings. The number of aromatic amines is 1. The average molecular weight is 281 g/mol. The molecule has 86 valence electrons. The summed E-state index contributed by atoms with van der Waals surface area (Å²) in [5, 5.41) is 2.79. The van der Waals surface area contributed by atoms with Crippen LogP contribution in [-0.2, 0) is 6.54 Å². The van der Waals surface area contributed by atoms with E-state index in [4.69, 9.17) is 23.8 Å². The minimum atomic E-state index is 0.710. The van der Waals surface area contributed by atoms with Gasteiger partial charge in [0.05, 0.1) is 22.6 Å². The van der Waals surface area contributed by atoms with Crippen LogP contribution in [0.2, 0.25) is 5.02 Å². The van der Waals surface area contributed by atoms with Crippen molar-refractivity contribution in [3.63, 3.8) is 0 Å². The van der Waals surface area contributed by atoms with E-state index in [1.54, 1.807) is 11.3 Å². The first kappa shape index (κ1) is 11.0. The Hall–Kier alpha value is -1.10. The highest BCUT2D eigenvalue weighted by Crippen LogP contribution is 2.24. The van der Waals surface area contributed by atoms with Crippen molar-refractivity contribution in [3.05, 3.63) is 50.4 Å². The SMILES string of the molecule is S=c1[nH]c2cccc(Cl)c2n1Cc1cccs1. The van der Waals surface area contributed by atoms with E-state index >= 15 is 0 Å². The van der Waals surface area contributed by atoms with Gasteiger partial charge < -0.3 is 9.55 Å².